The Balaban J connectivity index is 2.21. The maximum absolute atomic E-state index is 13.5. The molecule has 14 heteroatoms. The van der Waals surface area contributed by atoms with Gasteiger partial charge in [0.1, 0.15) is 23.9 Å². The Bertz CT molecular complexity index is 1290. The first-order valence-corrected chi connectivity index (χ1v) is 14.5. The van der Waals surface area contributed by atoms with Gasteiger partial charge in [0, 0.05) is 6.42 Å². The molecule has 14 nitrogen and oxygen atoms in total. The van der Waals surface area contributed by atoms with Crippen LogP contribution >= 0.6 is 0 Å². The number of aliphatic hydroxyl groups is 2. The number of hydrogen-bond acceptors (Lipinski definition) is 9. The molecule has 0 aliphatic heterocycles. The van der Waals surface area contributed by atoms with E-state index >= 15 is 0 Å². The van der Waals surface area contributed by atoms with Gasteiger partial charge in [-0.15, -0.1) is 0 Å². The van der Waals surface area contributed by atoms with Crippen LogP contribution in [0.5, 0.6) is 5.75 Å². The Hall–Kier alpha value is -4.53. The molecule has 2 aromatic rings. The Labute approximate surface area is 261 Å². The molecular formula is C31H43N5O9. The number of rotatable bonds is 17. The zero-order chi connectivity index (χ0) is 33.7. The minimum Gasteiger partial charge on any atom is -0.508 e. The third-order valence-electron chi connectivity index (χ3n) is 6.85. The maximum atomic E-state index is 13.5. The number of aromatic hydroxyl groups is 1. The average molecular weight is 630 g/mol. The number of phenols is 1. The number of carbonyl (C=O) groups is 5. The van der Waals surface area contributed by atoms with E-state index in [-0.39, 0.29) is 30.9 Å². The topological polar surface area (TPSA) is 240 Å². The quantitative estimate of drug-likeness (QED) is 0.103. The standard InChI is InChI=1S/C31H43N5O9/c1-17(2)13-23(29(42)36-26(18(3)38)31(44)45)33-28(41)24(15-19-7-5-4-6-8-19)34-30(43)25(16-37)35-27(40)22(32)14-20-9-11-21(39)12-10-20/h4-12,17-18,22-26,37-39H,13-16,32H2,1-3H3,(H,33,41)(H,34,43)(H,35,40)(H,36,42)(H,44,45)/t18-,22+,23+,24+,25-,26+/m1/s1. The Morgan fingerprint density at radius 1 is 0.711 bits per heavy atom. The highest BCUT2D eigenvalue weighted by Crippen LogP contribution is 2.12. The molecule has 45 heavy (non-hydrogen) atoms. The lowest BCUT2D eigenvalue weighted by Gasteiger charge is -2.27. The summed E-state index contributed by atoms with van der Waals surface area (Å²) >= 11 is 0. The van der Waals surface area contributed by atoms with Gasteiger partial charge in [0.05, 0.1) is 18.8 Å². The zero-order valence-electron chi connectivity index (χ0n) is 25.5. The molecule has 246 valence electrons. The summed E-state index contributed by atoms with van der Waals surface area (Å²) in [5, 5.41) is 48.2. The van der Waals surface area contributed by atoms with Crippen LogP contribution < -0.4 is 27.0 Å². The normalized spacial score (nSPS) is 15.1. The number of hydrogen-bond donors (Lipinski definition) is 9. The number of amides is 4. The number of nitrogens with two attached hydrogens (primary N) is 1. The lowest BCUT2D eigenvalue weighted by molar-refractivity contribution is -0.145. The molecule has 0 heterocycles. The molecular weight excluding hydrogens is 586 g/mol. The minimum atomic E-state index is -1.61. The van der Waals surface area contributed by atoms with Gasteiger partial charge in [-0.05, 0) is 48.9 Å². The van der Waals surface area contributed by atoms with Crippen LogP contribution in [0.15, 0.2) is 54.6 Å². The Morgan fingerprint density at radius 2 is 1.22 bits per heavy atom. The first kappa shape index (κ1) is 36.7. The summed E-state index contributed by atoms with van der Waals surface area (Å²) in [7, 11) is 0. The van der Waals surface area contributed by atoms with E-state index in [1.54, 1.807) is 56.3 Å². The fraction of sp³-hybridized carbons (Fsp3) is 0.452. The molecule has 0 saturated heterocycles. The van der Waals surface area contributed by atoms with Crippen molar-refractivity contribution in [1.82, 2.24) is 21.3 Å². The van der Waals surface area contributed by atoms with Gasteiger partial charge in [-0.25, -0.2) is 4.79 Å². The van der Waals surface area contributed by atoms with Crippen molar-refractivity contribution in [3.05, 3.63) is 65.7 Å². The molecule has 0 bridgehead atoms. The van der Waals surface area contributed by atoms with E-state index in [1.807, 2.05) is 0 Å². The highest BCUT2D eigenvalue weighted by Gasteiger charge is 2.33. The van der Waals surface area contributed by atoms with Crippen molar-refractivity contribution in [3.8, 4) is 5.75 Å². The first-order chi connectivity index (χ1) is 21.2. The third-order valence-corrected chi connectivity index (χ3v) is 6.85. The van der Waals surface area contributed by atoms with Crippen LogP contribution in [0.3, 0.4) is 0 Å². The van der Waals surface area contributed by atoms with Crippen molar-refractivity contribution in [1.29, 1.82) is 0 Å². The fourth-order valence-corrected chi connectivity index (χ4v) is 4.40. The van der Waals surface area contributed by atoms with E-state index in [1.165, 1.54) is 19.1 Å². The predicted molar refractivity (Wildman–Crippen MR) is 164 cm³/mol. The smallest absolute Gasteiger partial charge is 0.328 e. The molecule has 4 amide bonds. The van der Waals surface area contributed by atoms with Crippen LogP contribution in [0, 0.1) is 5.92 Å². The SMILES string of the molecule is CC(C)C[C@H](NC(=O)[C@H](Cc1ccccc1)NC(=O)[C@@H](CO)NC(=O)[C@@H](N)Cc1ccc(O)cc1)C(=O)N[C@H](C(=O)O)[C@@H](C)O. The summed E-state index contributed by atoms with van der Waals surface area (Å²) in [6.07, 6.45) is -1.23. The molecule has 0 fully saturated rings. The Morgan fingerprint density at radius 3 is 1.76 bits per heavy atom. The maximum Gasteiger partial charge on any atom is 0.328 e. The van der Waals surface area contributed by atoms with E-state index in [4.69, 9.17) is 5.73 Å². The number of aliphatic carboxylic acids is 1. The van der Waals surface area contributed by atoms with Crippen molar-refractivity contribution in [2.24, 2.45) is 11.7 Å². The van der Waals surface area contributed by atoms with Gasteiger partial charge >= 0.3 is 5.97 Å². The average Bonchev–Trinajstić information content (AvgIpc) is 2.98. The molecule has 0 aliphatic rings. The summed E-state index contributed by atoms with van der Waals surface area (Å²) in [4.78, 5) is 64.1. The van der Waals surface area contributed by atoms with Crippen LogP contribution in [-0.4, -0.2) is 92.9 Å². The molecule has 0 radical (unpaired) electrons. The zero-order valence-corrected chi connectivity index (χ0v) is 25.5. The van der Waals surface area contributed by atoms with Gasteiger partial charge in [-0.1, -0.05) is 56.3 Å². The van der Waals surface area contributed by atoms with Gasteiger partial charge in [-0.2, -0.15) is 0 Å². The van der Waals surface area contributed by atoms with Gasteiger partial charge in [0.25, 0.3) is 0 Å². The number of benzene rings is 2. The van der Waals surface area contributed by atoms with Crippen LogP contribution in [0.4, 0.5) is 0 Å². The molecule has 0 saturated carbocycles. The largest absolute Gasteiger partial charge is 0.508 e. The predicted octanol–water partition coefficient (Wildman–Crippen LogP) is -1.05. The second-order valence-corrected chi connectivity index (χ2v) is 11.2. The summed E-state index contributed by atoms with van der Waals surface area (Å²) in [5.74, 6) is -4.75. The van der Waals surface area contributed by atoms with E-state index in [0.717, 1.165) is 0 Å². The van der Waals surface area contributed by atoms with Crippen LogP contribution in [0.1, 0.15) is 38.3 Å². The van der Waals surface area contributed by atoms with E-state index in [2.05, 4.69) is 21.3 Å². The molecule has 6 atom stereocenters. The second kappa shape index (κ2) is 17.7. The monoisotopic (exact) mass is 629 g/mol. The first-order valence-electron chi connectivity index (χ1n) is 14.5. The summed E-state index contributed by atoms with van der Waals surface area (Å²) < 4.78 is 0. The van der Waals surface area contributed by atoms with Gasteiger partial charge in [0.15, 0.2) is 6.04 Å². The van der Waals surface area contributed by atoms with Gasteiger partial charge in [-0.3, -0.25) is 19.2 Å². The van der Waals surface area contributed by atoms with Crippen molar-refractivity contribution in [2.75, 3.05) is 6.61 Å². The number of phenolic OH excluding ortho intramolecular Hbond substituents is 1. The molecule has 2 rings (SSSR count). The molecule has 10 N–H and O–H groups in total. The van der Waals surface area contributed by atoms with Crippen LogP contribution in [0.2, 0.25) is 0 Å². The van der Waals surface area contributed by atoms with E-state index in [9.17, 15) is 44.4 Å². The number of carbonyl (C=O) groups excluding carboxylic acids is 4. The Kier molecular flexibility index (Phi) is 14.4. The third kappa shape index (κ3) is 12.2. The molecule has 0 aromatic heterocycles. The summed E-state index contributed by atoms with van der Waals surface area (Å²) in [6.45, 7) is 3.98. The van der Waals surface area contributed by atoms with E-state index in [0.29, 0.717) is 11.1 Å². The summed E-state index contributed by atoms with van der Waals surface area (Å²) in [6, 6.07) is 8.07. The van der Waals surface area contributed by atoms with Crippen molar-refractivity contribution >= 4 is 29.6 Å². The van der Waals surface area contributed by atoms with Gasteiger partial charge < -0.3 is 47.4 Å². The number of nitrogens with one attached hydrogen (secondary N) is 4. The molecule has 0 aliphatic carbocycles. The van der Waals surface area contributed by atoms with Crippen LogP contribution in [0.25, 0.3) is 0 Å². The van der Waals surface area contributed by atoms with Crippen molar-refractivity contribution < 1.29 is 44.4 Å². The number of carboxylic acid groups (broad SMARTS) is 1. The molecule has 0 unspecified atom stereocenters. The highest BCUT2D eigenvalue weighted by atomic mass is 16.4. The lowest BCUT2D eigenvalue weighted by Crippen LogP contribution is -2.60. The lowest BCUT2D eigenvalue weighted by atomic mass is 10.00. The highest BCUT2D eigenvalue weighted by molar-refractivity contribution is 5.95. The molecule has 2 aromatic carbocycles. The van der Waals surface area contributed by atoms with Crippen molar-refractivity contribution in [3.63, 3.8) is 0 Å². The minimum absolute atomic E-state index is 0.0215. The van der Waals surface area contributed by atoms with Crippen molar-refractivity contribution in [2.45, 2.75) is 76.3 Å². The van der Waals surface area contributed by atoms with E-state index < -0.39 is 72.5 Å². The number of aliphatic hydroxyl groups excluding tert-OH is 2. The fourth-order valence-electron chi connectivity index (χ4n) is 4.40. The van der Waals surface area contributed by atoms with Crippen LogP contribution in [-0.2, 0) is 36.8 Å². The summed E-state index contributed by atoms with van der Waals surface area (Å²) in [5.41, 5.74) is 7.31. The molecule has 0 spiro atoms. The number of carboxylic acids is 1. The second-order valence-electron chi connectivity index (χ2n) is 11.2. The van der Waals surface area contributed by atoms with Gasteiger partial charge in [0.2, 0.25) is 23.6 Å².